The molecule has 1 atom stereocenters. The zero-order valence-electron chi connectivity index (χ0n) is 12.7. The first-order valence-electron chi connectivity index (χ1n) is 7.61. The fourth-order valence-electron chi connectivity index (χ4n) is 3.96. The lowest BCUT2D eigenvalue weighted by atomic mass is 9.72. The van der Waals surface area contributed by atoms with Gasteiger partial charge < -0.3 is 5.73 Å². The van der Waals surface area contributed by atoms with Crippen LogP contribution in [0, 0.1) is 5.41 Å². The molecule has 1 aliphatic heterocycles. The molecule has 3 rings (SSSR count). The third-order valence-electron chi connectivity index (χ3n) is 5.35. The highest BCUT2D eigenvalue weighted by Crippen LogP contribution is 2.51. The summed E-state index contributed by atoms with van der Waals surface area (Å²) >= 11 is 6.13. The summed E-state index contributed by atoms with van der Waals surface area (Å²) in [4.78, 5) is 2.58. The molecule has 110 valence electrons. The number of hydrogen-bond acceptors (Lipinski definition) is 2. The smallest absolute Gasteiger partial charge is 0.0408 e. The molecule has 1 heterocycles. The molecule has 0 radical (unpaired) electrons. The van der Waals surface area contributed by atoms with Crippen LogP contribution >= 0.6 is 11.6 Å². The van der Waals surface area contributed by atoms with Crippen LogP contribution in [0.3, 0.4) is 0 Å². The van der Waals surface area contributed by atoms with Gasteiger partial charge in [-0.25, -0.2) is 0 Å². The maximum atomic E-state index is 6.60. The monoisotopic (exact) mass is 292 g/mol. The molecule has 3 heteroatoms. The van der Waals surface area contributed by atoms with Gasteiger partial charge >= 0.3 is 0 Å². The van der Waals surface area contributed by atoms with E-state index < -0.39 is 0 Å². The molecule has 1 aliphatic carbocycles. The highest BCUT2D eigenvalue weighted by atomic mass is 35.5. The third kappa shape index (κ3) is 2.28. The van der Waals surface area contributed by atoms with Crippen molar-refractivity contribution in [2.24, 2.45) is 11.1 Å². The van der Waals surface area contributed by atoms with E-state index in [4.69, 9.17) is 17.3 Å². The summed E-state index contributed by atoms with van der Waals surface area (Å²) in [5.41, 5.74) is 9.81. The van der Waals surface area contributed by atoms with Gasteiger partial charge in [0.2, 0.25) is 0 Å². The molecule has 0 bridgehead atoms. The highest BCUT2D eigenvalue weighted by Gasteiger charge is 2.46. The molecule has 20 heavy (non-hydrogen) atoms. The Morgan fingerprint density at radius 2 is 1.90 bits per heavy atom. The van der Waals surface area contributed by atoms with Gasteiger partial charge in [0.15, 0.2) is 0 Å². The van der Waals surface area contributed by atoms with Gasteiger partial charge in [-0.15, -0.1) is 0 Å². The summed E-state index contributed by atoms with van der Waals surface area (Å²) in [5.74, 6) is 0. The van der Waals surface area contributed by atoms with E-state index in [-0.39, 0.29) is 17.0 Å². The fourth-order valence-corrected chi connectivity index (χ4v) is 4.16. The molecule has 2 aliphatic rings. The van der Waals surface area contributed by atoms with E-state index in [0.717, 1.165) is 24.5 Å². The quantitative estimate of drug-likeness (QED) is 0.788. The molecule has 1 aromatic rings. The van der Waals surface area contributed by atoms with E-state index in [9.17, 15) is 0 Å². The summed E-state index contributed by atoms with van der Waals surface area (Å²) in [7, 11) is 0. The van der Waals surface area contributed by atoms with Crippen molar-refractivity contribution in [3.8, 4) is 0 Å². The summed E-state index contributed by atoms with van der Waals surface area (Å²) < 4.78 is 0. The number of benzene rings is 1. The number of nitrogens with zero attached hydrogens (tertiary/aromatic N) is 1. The number of hydrogen-bond donors (Lipinski definition) is 1. The zero-order valence-corrected chi connectivity index (χ0v) is 13.5. The van der Waals surface area contributed by atoms with Crippen molar-refractivity contribution >= 4 is 11.6 Å². The molecule has 1 aromatic carbocycles. The van der Waals surface area contributed by atoms with Crippen LogP contribution in [0.5, 0.6) is 0 Å². The largest absolute Gasteiger partial charge is 0.323 e. The van der Waals surface area contributed by atoms with Gasteiger partial charge in [0, 0.05) is 16.6 Å². The Labute approximate surface area is 127 Å². The second-order valence-electron chi connectivity index (χ2n) is 7.52. The fraction of sp³-hybridized carbons (Fsp3) is 0.647. The molecule has 2 N–H and O–H groups in total. The predicted molar refractivity (Wildman–Crippen MR) is 85.1 cm³/mol. The second-order valence-corrected chi connectivity index (χ2v) is 7.95. The Morgan fingerprint density at radius 3 is 2.50 bits per heavy atom. The maximum absolute atomic E-state index is 6.60. The Bertz CT molecular complexity index is 510. The van der Waals surface area contributed by atoms with Gasteiger partial charge in [0.1, 0.15) is 0 Å². The van der Waals surface area contributed by atoms with Crippen LogP contribution in [0.25, 0.3) is 0 Å². The standard InChI is InChI=1S/C17H25ClN2/c1-16(2,3)20-8-6-17(7-9-20)11-12-10-13(18)4-5-14(12)15(17)19/h4-5,10,15H,6-9,11,19H2,1-3H3/t15-/m0/s1. The SMILES string of the molecule is CC(C)(C)N1CCC2(CC1)Cc1cc(Cl)ccc1[C@@H]2N. The topological polar surface area (TPSA) is 29.3 Å². The van der Waals surface area contributed by atoms with Gasteiger partial charge in [-0.3, -0.25) is 4.90 Å². The predicted octanol–water partition coefficient (Wildman–Crippen LogP) is 3.78. The van der Waals surface area contributed by atoms with Gasteiger partial charge in [-0.05, 0) is 81.8 Å². The first-order valence-corrected chi connectivity index (χ1v) is 7.99. The van der Waals surface area contributed by atoms with Gasteiger partial charge in [0.05, 0.1) is 0 Å². The Morgan fingerprint density at radius 1 is 1.25 bits per heavy atom. The number of fused-ring (bicyclic) bond motifs is 1. The number of likely N-dealkylation sites (tertiary alicyclic amines) is 1. The van der Waals surface area contributed by atoms with Gasteiger partial charge in [-0.2, -0.15) is 0 Å². The molecular weight excluding hydrogens is 268 g/mol. The molecule has 0 unspecified atom stereocenters. The lowest BCUT2D eigenvalue weighted by Crippen LogP contribution is -2.50. The average molecular weight is 293 g/mol. The first-order chi connectivity index (χ1) is 9.32. The van der Waals surface area contributed by atoms with Crippen molar-refractivity contribution in [1.82, 2.24) is 4.90 Å². The minimum atomic E-state index is 0.178. The maximum Gasteiger partial charge on any atom is 0.0408 e. The highest BCUT2D eigenvalue weighted by molar-refractivity contribution is 6.30. The minimum absolute atomic E-state index is 0.178. The van der Waals surface area contributed by atoms with Crippen molar-refractivity contribution in [2.75, 3.05) is 13.1 Å². The Kier molecular flexibility index (Phi) is 3.39. The number of nitrogens with two attached hydrogens (primary N) is 1. The van der Waals surface area contributed by atoms with E-state index in [1.54, 1.807) is 0 Å². The minimum Gasteiger partial charge on any atom is -0.323 e. The zero-order chi connectivity index (χ0) is 14.5. The van der Waals surface area contributed by atoms with Crippen molar-refractivity contribution in [1.29, 1.82) is 0 Å². The molecule has 0 amide bonds. The lowest BCUT2D eigenvalue weighted by molar-refractivity contribution is 0.0345. The van der Waals surface area contributed by atoms with Crippen molar-refractivity contribution < 1.29 is 0 Å². The average Bonchev–Trinajstić information content (AvgIpc) is 2.61. The molecule has 1 spiro atoms. The van der Waals surface area contributed by atoms with Crippen LogP contribution in [0.2, 0.25) is 5.02 Å². The third-order valence-corrected chi connectivity index (χ3v) is 5.59. The van der Waals surface area contributed by atoms with E-state index >= 15 is 0 Å². The molecule has 0 saturated carbocycles. The van der Waals surface area contributed by atoms with Crippen molar-refractivity contribution in [3.05, 3.63) is 34.3 Å². The summed E-state index contributed by atoms with van der Waals surface area (Å²) in [6, 6.07) is 6.40. The van der Waals surface area contributed by atoms with E-state index in [1.165, 1.54) is 24.0 Å². The summed E-state index contributed by atoms with van der Waals surface area (Å²) in [6.45, 7) is 9.20. The molecule has 1 fully saturated rings. The van der Waals surface area contributed by atoms with Gasteiger partial charge in [0.25, 0.3) is 0 Å². The number of piperidine rings is 1. The molecule has 1 saturated heterocycles. The van der Waals surface area contributed by atoms with E-state index in [1.807, 2.05) is 6.07 Å². The van der Waals surface area contributed by atoms with Crippen LogP contribution in [-0.4, -0.2) is 23.5 Å². The van der Waals surface area contributed by atoms with Crippen LogP contribution in [0.15, 0.2) is 18.2 Å². The molecule has 2 nitrogen and oxygen atoms in total. The first kappa shape index (κ1) is 14.4. The second kappa shape index (κ2) is 4.72. The Hall–Kier alpha value is -0.570. The molecular formula is C17H25ClN2. The molecule has 0 aromatic heterocycles. The normalized spacial score (nSPS) is 25.9. The van der Waals surface area contributed by atoms with E-state index in [0.29, 0.717) is 0 Å². The van der Waals surface area contributed by atoms with Crippen molar-refractivity contribution in [3.63, 3.8) is 0 Å². The Balaban J connectivity index is 1.81. The van der Waals surface area contributed by atoms with Crippen LogP contribution in [0.1, 0.15) is 50.8 Å². The van der Waals surface area contributed by atoms with Crippen LogP contribution in [-0.2, 0) is 6.42 Å². The van der Waals surface area contributed by atoms with Crippen molar-refractivity contribution in [2.45, 2.75) is 51.6 Å². The summed E-state index contributed by atoms with van der Waals surface area (Å²) in [6.07, 6.45) is 3.48. The van der Waals surface area contributed by atoms with E-state index in [2.05, 4.69) is 37.8 Å². The van der Waals surface area contributed by atoms with Crippen LogP contribution < -0.4 is 5.73 Å². The van der Waals surface area contributed by atoms with Crippen LogP contribution in [0.4, 0.5) is 0 Å². The lowest BCUT2D eigenvalue weighted by Gasteiger charge is -2.47. The van der Waals surface area contributed by atoms with Gasteiger partial charge in [-0.1, -0.05) is 17.7 Å². The number of rotatable bonds is 0. The summed E-state index contributed by atoms with van der Waals surface area (Å²) in [5, 5.41) is 0.833. The number of halogens is 1.